The number of amides is 1. The summed E-state index contributed by atoms with van der Waals surface area (Å²) in [6.07, 6.45) is 3.74. The molecule has 1 aliphatic rings. The van der Waals surface area contributed by atoms with E-state index in [1.807, 2.05) is 32.0 Å². The van der Waals surface area contributed by atoms with Crippen LogP contribution in [0.2, 0.25) is 0 Å². The van der Waals surface area contributed by atoms with Crippen molar-refractivity contribution in [3.8, 4) is 0 Å². The standard InChI is InChI=1S/C16H21NO2/c1-11-6-7-12(2)14(10-11)15(18)4-3-5-16(19)17-13-8-9-13/h6-7,10,13H,3-5,8-9H2,1-2H3,(H,17,19). The maximum Gasteiger partial charge on any atom is 0.220 e. The molecule has 19 heavy (non-hydrogen) atoms. The highest BCUT2D eigenvalue weighted by atomic mass is 16.1. The van der Waals surface area contributed by atoms with Crippen LogP contribution in [0.15, 0.2) is 18.2 Å². The smallest absolute Gasteiger partial charge is 0.220 e. The summed E-state index contributed by atoms with van der Waals surface area (Å²) in [5, 5.41) is 2.94. The molecule has 0 radical (unpaired) electrons. The zero-order valence-electron chi connectivity index (χ0n) is 11.7. The minimum atomic E-state index is 0.0799. The predicted octanol–water partition coefficient (Wildman–Crippen LogP) is 2.94. The average Bonchev–Trinajstić information content (AvgIpc) is 3.16. The van der Waals surface area contributed by atoms with Crippen molar-refractivity contribution in [3.05, 3.63) is 34.9 Å². The van der Waals surface area contributed by atoms with E-state index >= 15 is 0 Å². The monoisotopic (exact) mass is 259 g/mol. The normalized spacial score (nSPS) is 14.2. The first kappa shape index (κ1) is 13.8. The van der Waals surface area contributed by atoms with Crippen LogP contribution in [0, 0.1) is 13.8 Å². The molecule has 1 N–H and O–H groups in total. The minimum Gasteiger partial charge on any atom is -0.353 e. The molecule has 0 unspecified atom stereocenters. The van der Waals surface area contributed by atoms with Crippen molar-refractivity contribution in [1.82, 2.24) is 5.32 Å². The summed E-state index contributed by atoms with van der Waals surface area (Å²) in [7, 11) is 0. The molecule has 1 aliphatic carbocycles. The second-order valence-electron chi connectivity index (χ2n) is 5.44. The van der Waals surface area contributed by atoms with E-state index in [2.05, 4.69) is 5.32 Å². The maximum atomic E-state index is 12.1. The van der Waals surface area contributed by atoms with E-state index < -0.39 is 0 Å². The number of carbonyl (C=O) groups is 2. The van der Waals surface area contributed by atoms with E-state index in [-0.39, 0.29) is 11.7 Å². The van der Waals surface area contributed by atoms with Gasteiger partial charge in [0.05, 0.1) is 0 Å². The molecule has 1 aromatic rings. The minimum absolute atomic E-state index is 0.0799. The van der Waals surface area contributed by atoms with Gasteiger partial charge in [-0.25, -0.2) is 0 Å². The number of hydrogen-bond donors (Lipinski definition) is 1. The van der Waals surface area contributed by atoms with Crippen LogP contribution in [0.1, 0.15) is 53.6 Å². The highest BCUT2D eigenvalue weighted by Gasteiger charge is 2.22. The summed E-state index contributed by atoms with van der Waals surface area (Å²) in [6.45, 7) is 3.94. The van der Waals surface area contributed by atoms with Gasteiger partial charge in [0.15, 0.2) is 5.78 Å². The van der Waals surface area contributed by atoms with E-state index in [1.54, 1.807) is 0 Å². The molecule has 0 spiro atoms. The molecule has 3 nitrogen and oxygen atoms in total. The fourth-order valence-electron chi connectivity index (χ4n) is 2.11. The molecular formula is C16H21NO2. The first-order valence-corrected chi connectivity index (χ1v) is 6.96. The molecule has 1 amide bonds. The molecular weight excluding hydrogens is 238 g/mol. The summed E-state index contributed by atoms with van der Waals surface area (Å²) in [5.41, 5.74) is 2.90. The van der Waals surface area contributed by atoms with Crippen molar-refractivity contribution < 1.29 is 9.59 Å². The van der Waals surface area contributed by atoms with Gasteiger partial charge >= 0.3 is 0 Å². The number of Topliss-reactive ketones (excluding diaryl/α,β-unsaturated/α-hetero) is 1. The van der Waals surface area contributed by atoms with E-state index in [0.29, 0.717) is 25.3 Å². The summed E-state index contributed by atoms with van der Waals surface area (Å²) in [4.78, 5) is 23.6. The number of benzene rings is 1. The zero-order valence-corrected chi connectivity index (χ0v) is 11.7. The van der Waals surface area contributed by atoms with Gasteiger partial charge in [0.1, 0.15) is 0 Å². The second-order valence-corrected chi connectivity index (χ2v) is 5.44. The topological polar surface area (TPSA) is 46.2 Å². The number of carbonyl (C=O) groups excluding carboxylic acids is 2. The lowest BCUT2D eigenvalue weighted by molar-refractivity contribution is -0.121. The van der Waals surface area contributed by atoms with Crippen molar-refractivity contribution in [3.63, 3.8) is 0 Å². The van der Waals surface area contributed by atoms with Crippen molar-refractivity contribution in [2.75, 3.05) is 0 Å². The van der Waals surface area contributed by atoms with Crippen LogP contribution in [0.3, 0.4) is 0 Å². The Balaban J connectivity index is 1.80. The molecule has 1 saturated carbocycles. The molecule has 0 bridgehead atoms. The SMILES string of the molecule is Cc1ccc(C)c(C(=O)CCCC(=O)NC2CC2)c1. The predicted molar refractivity (Wildman–Crippen MR) is 75.3 cm³/mol. The van der Waals surface area contributed by atoms with Gasteiger partial charge in [-0.2, -0.15) is 0 Å². The van der Waals surface area contributed by atoms with Crippen LogP contribution in [0.5, 0.6) is 0 Å². The Morgan fingerprint density at radius 1 is 1.21 bits per heavy atom. The van der Waals surface area contributed by atoms with Crippen molar-refractivity contribution in [1.29, 1.82) is 0 Å². The molecule has 102 valence electrons. The van der Waals surface area contributed by atoms with E-state index in [0.717, 1.165) is 29.5 Å². The van der Waals surface area contributed by atoms with Gasteiger partial charge in [0.2, 0.25) is 5.91 Å². The van der Waals surface area contributed by atoms with Crippen molar-refractivity contribution >= 4 is 11.7 Å². The molecule has 3 heteroatoms. The van der Waals surface area contributed by atoms with Crippen molar-refractivity contribution in [2.24, 2.45) is 0 Å². The third-order valence-corrected chi connectivity index (χ3v) is 3.44. The molecule has 1 aromatic carbocycles. The van der Waals surface area contributed by atoms with Gasteiger partial charge in [-0.1, -0.05) is 17.7 Å². The fourth-order valence-corrected chi connectivity index (χ4v) is 2.11. The van der Waals surface area contributed by atoms with Gasteiger partial charge < -0.3 is 5.32 Å². The van der Waals surface area contributed by atoms with E-state index in [4.69, 9.17) is 0 Å². The van der Waals surface area contributed by atoms with Gasteiger partial charge in [-0.05, 0) is 44.7 Å². The van der Waals surface area contributed by atoms with Crippen LogP contribution in [0.4, 0.5) is 0 Å². The van der Waals surface area contributed by atoms with Crippen LogP contribution in [0.25, 0.3) is 0 Å². The van der Waals surface area contributed by atoms with Gasteiger partial charge in [-0.15, -0.1) is 0 Å². The van der Waals surface area contributed by atoms with Gasteiger partial charge in [0, 0.05) is 24.4 Å². The maximum absolute atomic E-state index is 12.1. The van der Waals surface area contributed by atoms with E-state index in [9.17, 15) is 9.59 Å². The highest BCUT2D eigenvalue weighted by Crippen LogP contribution is 2.19. The van der Waals surface area contributed by atoms with Crippen LogP contribution < -0.4 is 5.32 Å². The van der Waals surface area contributed by atoms with Crippen molar-refractivity contribution in [2.45, 2.75) is 52.0 Å². The third-order valence-electron chi connectivity index (χ3n) is 3.44. The molecule has 0 aliphatic heterocycles. The Kier molecular flexibility index (Phi) is 4.35. The lowest BCUT2D eigenvalue weighted by atomic mass is 9.99. The Bertz CT molecular complexity index is 490. The Morgan fingerprint density at radius 3 is 2.63 bits per heavy atom. The molecule has 0 atom stereocenters. The Hall–Kier alpha value is -1.64. The highest BCUT2D eigenvalue weighted by molar-refractivity contribution is 5.97. The number of nitrogens with one attached hydrogen (secondary N) is 1. The Labute approximate surface area is 114 Å². The largest absolute Gasteiger partial charge is 0.353 e. The Morgan fingerprint density at radius 2 is 1.95 bits per heavy atom. The number of rotatable bonds is 6. The molecule has 0 aromatic heterocycles. The van der Waals surface area contributed by atoms with Crippen LogP contribution in [-0.4, -0.2) is 17.7 Å². The second kappa shape index (κ2) is 6.00. The lowest BCUT2D eigenvalue weighted by Gasteiger charge is -2.06. The van der Waals surface area contributed by atoms with Gasteiger partial charge in [0.25, 0.3) is 0 Å². The summed E-state index contributed by atoms with van der Waals surface area (Å²) in [5.74, 6) is 0.219. The zero-order chi connectivity index (χ0) is 13.8. The molecule has 0 saturated heterocycles. The third kappa shape index (κ3) is 4.19. The van der Waals surface area contributed by atoms with Crippen LogP contribution in [-0.2, 0) is 4.79 Å². The lowest BCUT2D eigenvalue weighted by Crippen LogP contribution is -2.25. The molecule has 0 heterocycles. The van der Waals surface area contributed by atoms with Crippen LogP contribution >= 0.6 is 0 Å². The average molecular weight is 259 g/mol. The number of hydrogen-bond acceptors (Lipinski definition) is 2. The van der Waals surface area contributed by atoms with Gasteiger partial charge in [-0.3, -0.25) is 9.59 Å². The first-order chi connectivity index (χ1) is 9.06. The summed E-state index contributed by atoms with van der Waals surface area (Å²) >= 11 is 0. The first-order valence-electron chi connectivity index (χ1n) is 6.96. The molecule has 1 fully saturated rings. The summed E-state index contributed by atoms with van der Waals surface area (Å²) < 4.78 is 0. The molecule has 2 rings (SSSR count). The quantitative estimate of drug-likeness (QED) is 0.798. The number of ketones is 1. The number of aryl methyl sites for hydroxylation is 2. The fraction of sp³-hybridized carbons (Fsp3) is 0.500. The van der Waals surface area contributed by atoms with E-state index in [1.165, 1.54) is 0 Å². The summed E-state index contributed by atoms with van der Waals surface area (Å²) in [6, 6.07) is 6.32.